The zero-order chi connectivity index (χ0) is 20.9. The second kappa shape index (κ2) is 12.3. The van der Waals surface area contributed by atoms with Gasteiger partial charge in [-0.05, 0) is 48.4 Å². The summed E-state index contributed by atoms with van der Waals surface area (Å²) in [4.78, 5) is 8.50. The molecular formula is C23H28N4O3. The third kappa shape index (κ3) is 7.60. The standard InChI is InChI=1S/C23H28N4O3/c1-24-23(26-13-5-14-28-18-22-7-4-15-29-22)27-16-19-8-10-21(11-9-19)30-17-20-6-2-3-12-25-20/h2-4,6-12,15H,5,13-14,16-18H2,1H3,(H2,24,26,27). The Kier molecular flexibility index (Phi) is 8.76. The molecule has 7 nitrogen and oxygen atoms in total. The molecule has 158 valence electrons. The van der Waals surface area contributed by atoms with Gasteiger partial charge in [0.1, 0.15) is 24.7 Å². The Hall–Kier alpha value is -3.32. The van der Waals surface area contributed by atoms with Gasteiger partial charge in [-0.2, -0.15) is 0 Å². The number of hydrogen-bond donors (Lipinski definition) is 2. The molecule has 30 heavy (non-hydrogen) atoms. The van der Waals surface area contributed by atoms with Crippen molar-refractivity contribution >= 4 is 5.96 Å². The van der Waals surface area contributed by atoms with E-state index in [-0.39, 0.29) is 0 Å². The Morgan fingerprint density at radius 1 is 1.03 bits per heavy atom. The van der Waals surface area contributed by atoms with Crippen molar-refractivity contribution in [1.82, 2.24) is 15.6 Å². The number of ether oxygens (including phenoxy) is 2. The highest BCUT2D eigenvalue weighted by molar-refractivity contribution is 5.79. The molecule has 0 spiro atoms. The number of pyridine rings is 1. The molecule has 0 radical (unpaired) electrons. The number of aliphatic imine (C=N–C) groups is 1. The van der Waals surface area contributed by atoms with Gasteiger partial charge in [0.2, 0.25) is 0 Å². The summed E-state index contributed by atoms with van der Waals surface area (Å²) >= 11 is 0. The summed E-state index contributed by atoms with van der Waals surface area (Å²) in [6.45, 7) is 3.07. The molecule has 2 heterocycles. The van der Waals surface area contributed by atoms with Crippen LogP contribution in [0.2, 0.25) is 0 Å². The van der Waals surface area contributed by atoms with Crippen molar-refractivity contribution in [2.45, 2.75) is 26.2 Å². The van der Waals surface area contributed by atoms with Gasteiger partial charge in [-0.25, -0.2) is 0 Å². The maximum absolute atomic E-state index is 5.77. The average molecular weight is 409 g/mol. The van der Waals surface area contributed by atoms with Gasteiger partial charge in [-0.1, -0.05) is 18.2 Å². The van der Waals surface area contributed by atoms with E-state index in [9.17, 15) is 0 Å². The third-order valence-corrected chi connectivity index (χ3v) is 4.30. The monoisotopic (exact) mass is 408 g/mol. The van der Waals surface area contributed by atoms with Crippen molar-refractivity contribution in [3.05, 3.63) is 84.1 Å². The fraction of sp³-hybridized carbons (Fsp3) is 0.304. The first-order chi connectivity index (χ1) is 14.8. The lowest BCUT2D eigenvalue weighted by Crippen LogP contribution is -2.37. The largest absolute Gasteiger partial charge is 0.487 e. The molecule has 3 rings (SSSR count). The van der Waals surface area contributed by atoms with E-state index in [2.05, 4.69) is 20.6 Å². The summed E-state index contributed by atoms with van der Waals surface area (Å²) in [5.41, 5.74) is 2.05. The van der Waals surface area contributed by atoms with E-state index < -0.39 is 0 Å². The van der Waals surface area contributed by atoms with Gasteiger partial charge in [0.25, 0.3) is 0 Å². The molecule has 0 aliphatic rings. The minimum atomic E-state index is 0.459. The summed E-state index contributed by atoms with van der Waals surface area (Å²) < 4.78 is 16.6. The lowest BCUT2D eigenvalue weighted by atomic mass is 10.2. The van der Waals surface area contributed by atoms with Crippen LogP contribution in [0.4, 0.5) is 0 Å². The van der Waals surface area contributed by atoms with Crippen molar-refractivity contribution in [1.29, 1.82) is 0 Å². The molecule has 1 aromatic carbocycles. The fourth-order valence-corrected chi connectivity index (χ4v) is 2.70. The fourth-order valence-electron chi connectivity index (χ4n) is 2.70. The normalized spacial score (nSPS) is 11.3. The molecule has 2 aromatic heterocycles. The van der Waals surface area contributed by atoms with Crippen molar-refractivity contribution < 1.29 is 13.9 Å². The first-order valence-electron chi connectivity index (χ1n) is 10.00. The van der Waals surface area contributed by atoms with Crippen molar-refractivity contribution in [3.8, 4) is 5.75 Å². The van der Waals surface area contributed by atoms with Crippen LogP contribution in [-0.2, 0) is 24.5 Å². The summed E-state index contributed by atoms with van der Waals surface area (Å²) in [6.07, 6.45) is 4.30. The van der Waals surface area contributed by atoms with E-state index >= 15 is 0 Å². The maximum atomic E-state index is 5.77. The van der Waals surface area contributed by atoms with E-state index in [1.54, 1.807) is 19.5 Å². The van der Waals surface area contributed by atoms with Crippen LogP contribution in [0.1, 0.15) is 23.4 Å². The molecule has 0 bridgehead atoms. The summed E-state index contributed by atoms with van der Waals surface area (Å²) in [5.74, 6) is 2.42. The van der Waals surface area contributed by atoms with E-state index in [1.807, 2.05) is 54.6 Å². The van der Waals surface area contributed by atoms with Gasteiger partial charge in [0.05, 0.1) is 12.0 Å². The molecule has 0 fully saturated rings. The molecule has 0 saturated carbocycles. The van der Waals surface area contributed by atoms with Gasteiger partial charge >= 0.3 is 0 Å². The molecule has 0 amide bonds. The number of guanidine groups is 1. The van der Waals surface area contributed by atoms with Crippen LogP contribution in [0.3, 0.4) is 0 Å². The number of nitrogens with one attached hydrogen (secondary N) is 2. The molecule has 2 N–H and O–H groups in total. The van der Waals surface area contributed by atoms with Crippen LogP contribution >= 0.6 is 0 Å². The van der Waals surface area contributed by atoms with Crippen LogP contribution in [-0.4, -0.2) is 31.1 Å². The Morgan fingerprint density at radius 3 is 2.67 bits per heavy atom. The van der Waals surface area contributed by atoms with Crippen molar-refractivity contribution in [2.75, 3.05) is 20.2 Å². The first-order valence-corrected chi connectivity index (χ1v) is 10.00. The molecule has 3 aromatic rings. The molecule has 0 aliphatic heterocycles. The average Bonchev–Trinajstić information content (AvgIpc) is 3.32. The number of rotatable bonds is 11. The number of furan rings is 1. The van der Waals surface area contributed by atoms with Crippen LogP contribution in [0.15, 0.2) is 76.5 Å². The molecule has 0 unspecified atom stereocenters. The molecule has 0 aliphatic carbocycles. The number of aromatic nitrogens is 1. The minimum Gasteiger partial charge on any atom is -0.487 e. The maximum Gasteiger partial charge on any atom is 0.191 e. The van der Waals surface area contributed by atoms with E-state index in [1.165, 1.54) is 0 Å². The lowest BCUT2D eigenvalue weighted by Gasteiger charge is -2.12. The van der Waals surface area contributed by atoms with Crippen LogP contribution in [0, 0.1) is 0 Å². The highest BCUT2D eigenvalue weighted by atomic mass is 16.5. The SMILES string of the molecule is CN=C(NCCCOCc1ccco1)NCc1ccc(OCc2ccccn2)cc1. The smallest absolute Gasteiger partial charge is 0.191 e. The zero-order valence-electron chi connectivity index (χ0n) is 17.2. The number of nitrogens with zero attached hydrogens (tertiary/aromatic N) is 2. The molecular weight excluding hydrogens is 380 g/mol. The summed E-state index contributed by atoms with van der Waals surface area (Å²) in [6, 6.07) is 17.6. The second-order valence-corrected chi connectivity index (χ2v) is 6.59. The van der Waals surface area contributed by atoms with Crippen molar-refractivity contribution in [3.63, 3.8) is 0 Å². The quantitative estimate of drug-likeness (QED) is 0.287. The third-order valence-electron chi connectivity index (χ3n) is 4.30. The van der Waals surface area contributed by atoms with Gasteiger partial charge in [-0.15, -0.1) is 0 Å². The molecule has 0 atom stereocenters. The summed E-state index contributed by atoms with van der Waals surface area (Å²) in [7, 11) is 1.76. The highest BCUT2D eigenvalue weighted by Gasteiger charge is 2.01. The Morgan fingerprint density at radius 2 is 1.93 bits per heavy atom. The van der Waals surface area contributed by atoms with Gasteiger partial charge in [0, 0.05) is 32.9 Å². The van der Waals surface area contributed by atoms with Gasteiger partial charge < -0.3 is 24.5 Å². The highest BCUT2D eigenvalue weighted by Crippen LogP contribution is 2.13. The van der Waals surface area contributed by atoms with Gasteiger partial charge in [-0.3, -0.25) is 9.98 Å². The lowest BCUT2D eigenvalue weighted by molar-refractivity contribution is 0.105. The number of hydrogen-bond acceptors (Lipinski definition) is 5. The summed E-state index contributed by atoms with van der Waals surface area (Å²) in [5, 5.41) is 6.60. The topological polar surface area (TPSA) is 80.9 Å². The van der Waals surface area contributed by atoms with Gasteiger partial charge in [0.15, 0.2) is 5.96 Å². The molecule has 0 saturated heterocycles. The number of benzene rings is 1. The van der Waals surface area contributed by atoms with E-state index in [0.717, 1.165) is 41.7 Å². The Bertz CT molecular complexity index is 865. The first kappa shape index (κ1) is 21.4. The minimum absolute atomic E-state index is 0.459. The van der Waals surface area contributed by atoms with E-state index in [4.69, 9.17) is 13.9 Å². The Balaban J connectivity index is 1.30. The van der Waals surface area contributed by atoms with Crippen LogP contribution < -0.4 is 15.4 Å². The second-order valence-electron chi connectivity index (χ2n) is 6.59. The Labute approximate surface area is 177 Å². The van der Waals surface area contributed by atoms with Crippen LogP contribution in [0.5, 0.6) is 5.75 Å². The predicted octanol–water partition coefficient (Wildman–Crippen LogP) is 3.53. The predicted molar refractivity (Wildman–Crippen MR) is 116 cm³/mol. The van der Waals surface area contributed by atoms with Crippen LogP contribution in [0.25, 0.3) is 0 Å². The zero-order valence-corrected chi connectivity index (χ0v) is 17.2. The van der Waals surface area contributed by atoms with Crippen molar-refractivity contribution in [2.24, 2.45) is 4.99 Å². The molecule has 7 heteroatoms. The van der Waals surface area contributed by atoms with E-state index in [0.29, 0.717) is 26.4 Å².